The van der Waals surface area contributed by atoms with Gasteiger partial charge in [0.15, 0.2) is 0 Å². The minimum atomic E-state index is 0.219. The van der Waals surface area contributed by atoms with Gasteiger partial charge in [-0.25, -0.2) is 4.98 Å². The number of rotatable bonds is 2. The molecule has 2 heterocycles. The normalized spacial score (nSPS) is 10.4. The first-order valence-corrected chi connectivity index (χ1v) is 6.94. The molecule has 0 unspecified atom stereocenters. The molecule has 0 radical (unpaired) electrons. The molecule has 4 heteroatoms. The maximum absolute atomic E-state index is 9.44. The minimum absolute atomic E-state index is 0.219. The monoisotopic (exact) mass is 289 g/mol. The molecule has 4 nitrogen and oxygen atoms in total. The molecule has 108 valence electrons. The number of anilines is 1. The Morgan fingerprint density at radius 3 is 2.41 bits per heavy atom. The van der Waals surface area contributed by atoms with E-state index in [2.05, 4.69) is 11.1 Å². The summed E-state index contributed by atoms with van der Waals surface area (Å²) in [7, 11) is 0. The number of aromatic nitrogens is 1. The molecule has 0 saturated carbocycles. The zero-order valence-electron chi connectivity index (χ0n) is 12.4. The van der Waals surface area contributed by atoms with E-state index in [1.165, 1.54) is 0 Å². The van der Waals surface area contributed by atoms with Crippen LogP contribution in [-0.2, 0) is 0 Å². The van der Waals surface area contributed by atoms with Crippen molar-refractivity contribution in [2.75, 3.05) is 5.73 Å². The molecule has 0 aliphatic carbocycles. The van der Waals surface area contributed by atoms with E-state index in [1.807, 2.05) is 56.3 Å². The predicted octanol–water partition coefficient (Wildman–Crippen LogP) is 4.08. The largest absolute Gasteiger partial charge is 0.461 e. The Hall–Kier alpha value is -3.06. The number of pyridine rings is 1. The molecular formula is C18H15N3O. The molecule has 3 rings (SSSR count). The smallest absolute Gasteiger partial charge is 0.142 e. The van der Waals surface area contributed by atoms with Gasteiger partial charge < -0.3 is 10.2 Å². The second-order valence-electron chi connectivity index (χ2n) is 5.11. The van der Waals surface area contributed by atoms with Crippen LogP contribution in [0, 0.1) is 25.2 Å². The van der Waals surface area contributed by atoms with Gasteiger partial charge in [-0.2, -0.15) is 5.26 Å². The van der Waals surface area contributed by atoms with E-state index in [1.54, 1.807) is 0 Å². The molecule has 0 bridgehead atoms. The standard InChI is InChI=1S/C18H15N3O/c1-11-8-9-15(22-11)16-12(2)17(13-6-4-3-5-7-13)21-18(20)14(16)10-19/h3-9H,1-2H3,(H2,20,21). The number of hydrogen-bond acceptors (Lipinski definition) is 4. The summed E-state index contributed by atoms with van der Waals surface area (Å²) in [5.74, 6) is 1.64. The van der Waals surface area contributed by atoms with Gasteiger partial charge in [-0.15, -0.1) is 0 Å². The minimum Gasteiger partial charge on any atom is -0.461 e. The molecule has 2 N–H and O–H groups in total. The van der Waals surface area contributed by atoms with Crippen molar-refractivity contribution in [1.82, 2.24) is 4.98 Å². The van der Waals surface area contributed by atoms with E-state index < -0.39 is 0 Å². The fourth-order valence-corrected chi connectivity index (χ4v) is 2.56. The third kappa shape index (κ3) is 2.23. The van der Waals surface area contributed by atoms with E-state index in [4.69, 9.17) is 10.2 Å². The van der Waals surface area contributed by atoms with Crippen LogP contribution in [-0.4, -0.2) is 4.98 Å². The van der Waals surface area contributed by atoms with Gasteiger partial charge in [0.05, 0.1) is 5.69 Å². The highest BCUT2D eigenvalue weighted by atomic mass is 16.3. The summed E-state index contributed by atoms with van der Waals surface area (Å²) in [6.45, 7) is 3.80. The van der Waals surface area contributed by atoms with Crippen LogP contribution < -0.4 is 5.73 Å². The first-order valence-electron chi connectivity index (χ1n) is 6.94. The highest BCUT2D eigenvalue weighted by Gasteiger charge is 2.20. The number of nitrogen functional groups attached to an aromatic ring is 1. The molecule has 3 aromatic rings. The van der Waals surface area contributed by atoms with Gasteiger partial charge in [0.25, 0.3) is 0 Å². The lowest BCUT2D eigenvalue weighted by Crippen LogP contribution is -2.02. The van der Waals surface area contributed by atoms with Gasteiger partial charge in [-0.1, -0.05) is 30.3 Å². The van der Waals surface area contributed by atoms with Gasteiger partial charge in [-0.05, 0) is 31.5 Å². The molecular weight excluding hydrogens is 274 g/mol. The van der Waals surface area contributed by atoms with E-state index >= 15 is 0 Å². The fourth-order valence-electron chi connectivity index (χ4n) is 2.56. The van der Waals surface area contributed by atoms with Gasteiger partial charge in [0.1, 0.15) is 29.0 Å². The second kappa shape index (κ2) is 5.38. The highest BCUT2D eigenvalue weighted by Crippen LogP contribution is 2.36. The molecule has 0 aliphatic heterocycles. The van der Waals surface area contributed by atoms with E-state index in [0.29, 0.717) is 16.9 Å². The number of hydrogen-bond donors (Lipinski definition) is 1. The van der Waals surface area contributed by atoms with Crippen LogP contribution in [0.25, 0.3) is 22.6 Å². The summed E-state index contributed by atoms with van der Waals surface area (Å²) >= 11 is 0. The van der Waals surface area contributed by atoms with Crippen LogP contribution >= 0.6 is 0 Å². The highest BCUT2D eigenvalue weighted by molar-refractivity contribution is 5.82. The SMILES string of the molecule is Cc1ccc(-c2c(C)c(-c3ccccc3)nc(N)c2C#N)o1. The first kappa shape index (κ1) is 13.9. The van der Waals surface area contributed by atoms with Gasteiger partial charge in [0, 0.05) is 11.1 Å². The third-order valence-electron chi connectivity index (χ3n) is 3.61. The van der Waals surface area contributed by atoms with Crippen molar-refractivity contribution in [2.45, 2.75) is 13.8 Å². The lowest BCUT2D eigenvalue weighted by Gasteiger charge is -2.13. The van der Waals surface area contributed by atoms with Crippen LogP contribution in [0.4, 0.5) is 5.82 Å². The Morgan fingerprint density at radius 2 is 1.82 bits per heavy atom. The molecule has 1 aromatic carbocycles. The van der Waals surface area contributed by atoms with Crippen molar-refractivity contribution < 1.29 is 4.42 Å². The number of nitrogens with two attached hydrogens (primary N) is 1. The Kier molecular flexibility index (Phi) is 3.40. The molecule has 0 aliphatic rings. The Bertz CT molecular complexity index is 873. The Labute approximate surface area is 128 Å². The average Bonchev–Trinajstić information content (AvgIpc) is 2.95. The summed E-state index contributed by atoms with van der Waals surface area (Å²) in [5, 5.41) is 9.44. The molecule has 0 spiro atoms. The Morgan fingerprint density at radius 1 is 1.09 bits per heavy atom. The lowest BCUT2D eigenvalue weighted by atomic mass is 9.96. The maximum atomic E-state index is 9.44. The molecule has 0 amide bonds. The molecule has 0 fully saturated rings. The van der Waals surface area contributed by atoms with Crippen LogP contribution in [0.1, 0.15) is 16.9 Å². The first-order chi connectivity index (χ1) is 10.6. The van der Waals surface area contributed by atoms with Crippen LogP contribution in [0.2, 0.25) is 0 Å². The van der Waals surface area contributed by atoms with E-state index in [0.717, 1.165) is 22.6 Å². The number of aryl methyl sites for hydroxylation is 1. The van der Waals surface area contributed by atoms with Crippen molar-refractivity contribution in [3.8, 4) is 28.7 Å². The Balaban J connectivity index is 2.33. The third-order valence-corrected chi connectivity index (χ3v) is 3.61. The second-order valence-corrected chi connectivity index (χ2v) is 5.11. The van der Waals surface area contributed by atoms with Crippen molar-refractivity contribution in [3.63, 3.8) is 0 Å². The van der Waals surface area contributed by atoms with Crippen LogP contribution in [0.15, 0.2) is 46.9 Å². The van der Waals surface area contributed by atoms with Crippen LogP contribution in [0.5, 0.6) is 0 Å². The van der Waals surface area contributed by atoms with Crippen molar-refractivity contribution in [3.05, 3.63) is 59.4 Å². The zero-order valence-corrected chi connectivity index (χ0v) is 12.4. The van der Waals surface area contributed by atoms with Crippen molar-refractivity contribution >= 4 is 5.82 Å². The number of furan rings is 1. The van der Waals surface area contributed by atoms with Crippen molar-refractivity contribution in [2.24, 2.45) is 0 Å². The summed E-state index contributed by atoms with van der Waals surface area (Å²) in [6.07, 6.45) is 0. The maximum Gasteiger partial charge on any atom is 0.142 e. The number of nitrogens with zero attached hydrogens (tertiary/aromatic N) is 2. The van der Waals surface area contributed by atoms with Gasteiger partial charge in [-0.3, -0.25) is 0 Å². The number of benzene rings is 1. The molecule has 0 atom stereocenters. The van der Waals surface area contributed by atoms with E-state index in [-0.39, 0.29) is 5.82 Å². The topological polar surface area (TPSA) is 75.8 Å². The lowest BCUT2D eigenvalue weighted by molar-refractivity contribution is 0.548. The predicted molar refractivity (Wildman–Crippen MR) is 86.0 cm³/mol. The summed E-state index contributed by atoms with van der Waals surface area (Å²) < 4.78 is 5.70. The summed E-state index contributed by atoms with van der Waals surface area (Å²) in [6, 6.07) is 15.6. The van der Waals surface area contributed by atoms with Crippen LogP contribution in [0.3, 0.4) is 0 Å². The number of nitriles is 1. The summed E-state index contributed by atoms with van der Waals surface area (Å²) in [5.41, 5.74) is 9.68. The zero-order chi connectivity index (χ0) is 15.7. The molecule has 2 aromatic heterocycles. The molecule has 22 heavy (non-hydrogen) atoms. The van der Waals surface area contributed by atoms with E-state index in [9.17, 15) is 5.26 Å². The fraction of sp³-hybridized carbons (Fsp3) is 0.111. The van der Waals surface area contributed by atoms with Gasteiger partial charge in [0.2, 0.25) is 0 Å². The average molecular weight is 289 g/mol. The molecule has 0 saturated heterocycles. The quantitative estimate of drug-likeness (QED) is 0.771. The van der Waals surface area contributed by atoms with Crippen molar-refractivity contribution in [1.29, 1.82) is 5.26 Å². The van der Waals surface area contributed by atoms with Gasteiger partial charge >= 0.3 is 0 Å². The summed E-state index contributed by atoms with van der Waals surface area (Å²) in [4.78, 5) is 4.42.